The number of benzene rings is 1. The quantitative estimate of drug-likeness (QED) is 0.497. The number of thiol groups is 1. The van der Waals surface area contributed by atoms with E-state index in [1.54, 1.807) is 18.5 Å². The summed E-state index contributed by atoms with van der Waals surface area (Å²) in [6, 6.07) is 6.03. The first kappa shape index (κ1) is 17.0. The maximum absolute atomic E-state index is 5.50. The molecule has 0 atom stereocenters. The molecular formula is C18H16N6O3S. The highest BCUT2D eigenvalue weighted by Crippen LogP contribution is 2.35. The summed E-state index contributed by atoms with van der Waals surface area (Å²) in [5.41, 5.74) is 2.74. The summed E-state index contributed by atoms with van der Waals surface area (Å²) in [6.07, 6.45) is 5.58. The third-order valence-corrected chi connectivity index (χ3v) is 4.59. The molecule has 3 heterocycles. The van der Waals surface area contributed by atoms with Crippen molar-refractivity contribution in [3.63, 3.8) is 0 Å². The van der Waals surface area contributed by atoms with Crippen LogP contribution in [0.25, 0.3) is 22.5 Å². The minimum absolute atomic E-state index is 0.384. The van der Waals surface area contributed by atoms with E-state index >= 15 is 0 Å². The molecule has 1 aromatic carbocycles. The van der Waals surface area contributed by atoms with Crippen molar-refractivity contribution in [2.24, 2.45) is 0 Å². The van der Waals surface area contributed by atoms with Crippen molar-refractivity contribution in [3.05, 3.63) is 30.6 Å². The molecule has 10 heteroatoms. The van der Waals surface area contributed by atoms with Gasteiger partial charge in [0, 0.05) is 30.1 Å². The van der Waals surface area contributed by atoms with Crippen molar-refractivity contribution in [2.45, 2.75) is 18.9 Å². The molecule has 1 fully saturated rings. The van der Waals surface area contributed by atoms with Gasteiger partial charge in [-0.05, 0) is 25.0 Å². The summed E-state index contributed by atoms with van der Waals surface area (Å²) in [5.74, 6) is 1.83. The average Bonchev–Trinajstić information content (AvgIpc) is 3.57. The van der Waals surface area contributed by atoms with Gasteiger partial charge in [-0.25, -0.2) is 15.0 Å². The Kier molecular flexibility index (Phi) is 4.32. The van der Waals surface area contributed by atoms with Gasteiger partial charge in [0.15, 0.2) is 0 Å². The number of rotatable bonds is 5. The van der Waals surface area contributed by atoms with Gasteiger partial charge in [-0.1, -0.05) is 6.07 Å². The number of fused-ring (bicyclic) bond motifs is 1. The van der Waals surface area contributed by atoms with Crippen molar-refractivity contribution >= 4 is 18.9 Å². The van der Waals surface area contributed by atoms with Gasteiger partial charge in [0.05, 0.1) is 18.1 Å². The lowest BCUT2D eigenvalue weighted by Gasteiger charge is -2.16. The van der Waals surface area contributed by atoms with Crippen molar-refractivity contribution in [1.82, 2.24) is 25.1 Å². The van der Waals surface area contributed by atoms with E-state index in [0.717, 1.165) is 24.0 Å². The van der Waals surface area contributed by atoms with Crippen molar-refractivity contribution in [3.8, 4) is 40.0 Å². The van der Waals surface area contributed by atoms with E-state index in [4.69, 9.17) is 13.7 Å². The molecule has 9 nitrogen and oxygen atoms in total. The van der Waals surface area contributed by atoms with Crippen molar-refractivity contribution in [2.75, 3.05) is 18.5 Å². The van der Waals surface area contributed by atoms with Crippen LogP contribution in [-0.4, -0.2) is 44.4 Å². The second kappa shape index (κ2) is 7.12. The van der Waals surface area contributed by atoms with Gasteiger partial charge in [0.25, 0.3) is 11.8 Å². The molecule has 0 bridgehead atoms. The van der Waals surface area contributed by atoms with Gasteiger partial charge in [-0.15, -0.1) is 10.2 Å². The molecule has 5 rings (SSSR count). The monoisotopic (exact) mass is 396 g/mol. The lowest BCUT2D eigenvalue weighted by Crippen LogP contribution is -2.17. The highest BCUT2D eigenvalue weighted by molar-refractivity contribution is 7.75. The predicted molar refractivity (Wildman–Crippen MR) is 104 cm³/mol. The van der Waals surface area contributed by atoms with Crippen LogP contribution >= 0.6 is 12.9 Å². The van der Waals surface area contributed by atoms with Crippen LogP contribution in [-0.2, 0) is 0 Å². The summed E-state index contributed by atoms with van der Waals surface area (Å²) in [7, 11) is 0. The molecule has 0 spiro atoms. The topological polar surface area (TPSA) is 104 Å². The van der Waals surface area contributed by atoms with Gasteiger partial charge >= 0.3 is 0 Å². The zero-order valence-electron chi connectivity index (χ0n) is 14.7. The lowest BCUT2D eigenvalue weighted by atomic mass is 10.1. The Morgan fingerprint density at radius 1 is 1.00 bits per heavy atom. The fraction of sp³-hybridized carbons (Fsp3) is 0.278. The van der Waals surface area contributed by atoms with Gasteiger partial charge in [-0.3, -0.25) is 0 Å². The van der Waals surface area contributed by atoms with Crippen LogP contribution in [0.5, 0.6) is 17.5 Å². The zero-order chi connectivity index (χ0) is 18.9. The molecule has 2 aliphatic rings. The van der Waals surface area contributed by atoms with Gasteiger partial charge < -0.3 is 19.0 Å². The second-order valence-electron chi connectivity index (χ2n) is 6.45. The largest absolute Gasteiger partial charge is 0.470 e. The number of hydrogen-bond donors (Lipinski definition) is 2. The smallest absolute Gasteiger partial charge is 0.278 e. The first-order valence-corrected chi connectivity index (χ1v) is 9.22. The normalized spacial score (nSPS) is 15.2. The van der Waals surface area contributed by atoms with Crippen molar-refractivity contribution < 1.29 is 13.7 Å². The van der Waals surface area contributed by atoms with Crippen LogP contribution in [0, 0.1) is 0 Å². The SMILES string of the molecule is SOc1cc(-c2cnc3c(n2)OCCO3)ccc1-c1cnc(NC2CC2)nn1. The Morgan fingerprint density at radius 3 is 2.57 bits per heavy atom. The molecule has 2 aromatic heterocycles. The summed E-state index contributed by atoms with van der Waals surface area (Å²) >= 11 is 3.98. The molecule has 28 heavy (non-hydrogen) atoms. The minimum atomic E-state index is 0.384. The second-order valence-corrected chi connectivity index (χ2v) is 6.63. The van der Waals surface area contributed by atoms with Gasteiger partial charge in [-0.2, -0.15) is 0 Å². The summed E-state index contributed by atoms with van der Waals surface area (Å²) in [6.45, 7) is 0.920. The maximum atomic E-state index is 5.50. The maximum Gasteiger partial charge on any atom is 0.278 e. The van der Waals surface area contributed by atoms with Crippen LogP contribution in [0.2, 0.25) is 0 Å². The van der Waals surface area contributed by atoms with Gasteiger partial charge in [0.1, 0.15) is 24.7 Å². The van der Waals surface area contributed by atoms with Gasteiger partial charge in [0.2, 0.25) is 5.95 Å². The molecule has 0 radical (unpaired) electrons. The Bertz CT molecular complexity index is 1010. The van der Waals surface area contributed by atoms with Crippen LogP contribution in [0.4, 0.5) is 5.95 Å². The van der Waals surface area contributed by atoms with E-state index in [-0.39, 0.29) is 0 Å². The summed E-state index contributed by atoms with van der Waals surface area (Å²) in [5, 5.41) is 11.6. The van der Waals surface area contributed by atoms with E-state index < -0.39 is 0 Å². The zero-order valence-corrected chi connectivity index (χ0v) is 15.6. The molecule has 142 valence electrons. The first-order valence-electron chi connectivity index (χ1n) is 8.85. The Morgan fingerprint density at radius 2 is 1.82 bits per heavy atom. The van der Waals surface area contributed by atoms with E-state index in [1.807, 2.05) is 12.1 Å². The predicted octanol–water partition coefficient (Wildman–Crippen LogP) is 2.56. The van der Waals surface area contributed by atoms with E-state index in [9.17, 15) is 0 Å². The third-order valence-electron chi connectivity index (χ3n) is 4.39. The number of nitrogens with one attached hydrogen (secondary N) is 1. The number of aromatic nitrogens is 5. The first-order chi connectivity index (χ1) is 13.8. The molecule has 1 saturated carbocycles. The number of ether oxygens (including phenoxy) is 2. The van der Waals surface area contributed by atoms with Crippen LogP contribution in [0.3, 0.4) is 0 Å². The summed E-state index contributed by atoms with van der Waals surface area (Å²) < 4.78 is 16.2. The van der Waals surface area contributed by atoms with Crippen molar-refractivity contribution in [1.29, 1.82) is 0 Å². The molecule has 1 aliphatic carbocycles. The third kappa shape index (κ3) is 3.38. The van der Waals surface area contributed by atoms with E-state index in [1.165, 1.54) is 0 Å². The fourth-order valence-electron chi connectivity index (χ4n) is 2.81. The van der Waals surface area contributed by atoms with Crippen LogP contribution in [0.1, 0.15) is 12.8 Å². The number of nitrogens with zero attached hydrogens (tertiary/aromatic N) is 5. The molecular weight excluding hydrogens is 380 g/mol. The molecule has 0 amide bonds. The minimum Gasteiger partial charge on any atom is -0.470 e. The van der Waals surface area contributed by atoms with Crippen LogP contribution < -0.4 is 19.0 Å². The Balaban J connectivity index is 1.44. The lowest BCUT2D eigenvalue weighted by molar-refractivity contribution is 0.157. The average molecular weight is 396 g/mol. The number of hydrogen-bond acceptors (Lipinski definition) is 10. The highest BCUT2D eigenvalue weighted by atomic mass is 32.1. The molecule has 1 N–H and O–H groups in total. The molecule has 3 aromatic rings. The highest BCUT2D eigenvalue weighted by Gasteiger charge is 2.22. The molecule has 1 aliphatic heterocycles. The fourth-order valence-corrected chi connectivity index (χ4v) is 2.96. The summed E-state index contributed by atoms with van der Waals surface area (Å²) in [4.78, 5) is 13.1. The molecule has 0 unspecified atom stereocenters. The van der Waals surface area contributed by atoms with Crippen LogP contribution in [0.15, 0.2) is 30.6 Å². The molecule has 0 saturated heterocycles. The standard InChI is InChI=1S/C18H16N6O3S/c28-27-15-7-10(13-8-19-16-17(22-13)26-6-5-25-16)1-4-12(15)14-9-20-18(24-23-14)21-11-2-3-11/h1,4,7-9,11,28H,2-3,5-6H2,(H,20,21,24). The van der Waals surface area contributed by atoms with E-state index in [0.29, 0.717) is 54.1 Å². The number of anilines is 1. The Hall–Kier alpha value is -3.14. The van der Waals surface area contributed by atoms with E-state index in [2.05, 4.69) is 43.4 Å². The Labute approximate surface area is 166 Å².